The molecule has 1 fully saturated rings. The Morgan fingerprint density at radius 3 is 2.38 bits per heavy atom. The van der Waals surface area contributed by atoms with Crippen molar-refractivity contribution in [1.82, 2.24) is 5.32 Å². The smallest absolute Gasteiger partial charge is 0.445 e. The van der Waals surface area contributed by atoms with Crippen molar-refractivity contribution in [1.29, 1.82) is 0 Å². The summed E-state index contributed by atoms with van der Waals surface area (Å²) < 4.78 is 17.7. The molecule has 2 aliphatic rings. The van der Waals surface area contributed by atoms with Gasteiger partial charge < -0.3 is 19.4 Å². The number of hydrogen-bond acceptors (Lipinski definition) is 4. The molecule has 2 aromatic rings. The fourth-order valence-electron chi connectivity index (χ4n) is 3.80. The van der Waals surface area contributed by atoms with E-state index < -0.39 is 0 Å². The molecule has 0 spiro atoms. The SMILES string of the molecule is CC1(C)OB(c2ccc3c(c2)CC(NC(=O)OCc2ccccc2)C3)OC1(C)C. The maximum atomic E-state index is 12.2. The van der Waals surface area contributed by atoms with Crippen LogP contribution >= 0.6 is 0 Å². The van der Waals surface area contributed by atoms with Crippen molar-refractivity contribution in [2.45, 2.75) is 64.4 Å². The van der Waals surface area contributed by atoms with Crippen LogP contribution in [0.15, 0.2) is 48.5 Å². The molecule has 0 saturated carbocycles. The molecule has 6 heteroatoms. The van der Waals surface area contributed by atoms with Gasteiger partial charge in [-0.2, -0.15) is 0 Å². The van der Waals surface area contributed by atoms with Gasteiger partial charge in [0.25, 0.3) is 0 Å². The third kappa shape index (κ3) is 4.19. The summed E-state index contributed by atoms with van der Waals surface area (Å²) in [4.78, 5) is 12.2. The van der Waals surface area contributed by atoms with Crippen LogP contribution in [0.3, 0.4) is 0 Å². The summed E-state index contributed by atoms with van der Waals surface area (Å²) in [7, 11) is -0.367. The Bertz CT molecular complexity index is 881. The summed E-state index contributed by atoms with van der Waals surface area (Å²) in [5, 5.41) is 2.99. The second-order valence-electron chi connectivity index (χ2n) is 8.93. The van der Waals surface area contributed by atoms with Crippen molar-refractivity contribution in [2.75, 3.05) is 0 Å². The number of carbonyl (C=O) groups is 1. The molecule has 0 radical (unpaired) electrons. The van der Waals surface area contributed by atoms with Crippen molar-refractivity contribution in [3.63, 3.8) is 0 Å². The number of rotatable bonds is 4. The van der Waals surface area contributed by atoms with Crippen LogP contribution in [0.2, 0.25) is 0 Å². The van der Waals surface area contributed by atoms with Crippen molar-refractivity contribution in [3.8, 4) is 0 Å². The van der Waals surface area contributed by atoms with Gasteiger partial charge in [0, 0.05) is 6.04 Å². The number of ether oxygens (including phenoxy) is 1. The van der Waals surface area contributed by atoms with E-state index in [0.29, 0.717) is 0 Å². The number of hydrogen-bond donors (Lipinski definition) is 1. The second kappa shape index (κ2) is 7.50. The Hall–Kier alpha value is -2.31. The molecule has 29 heavy (non-hydrogen) atoms. The standard InChI is InChI=1S/C23H28BNO4/c1-22(2)23(3,4)29-24(28-22)19-11-10-17-13-20(14-18(17)12-19)25-21(26)27-15-16-8-6-5-7-9-16/h5-12,20H,13-15H2,1-4H3,(H,25,26). The first kappa shape index (κ1) is 20.0. The summed E-state index contributed by atoms with van der Waals surface area (Å²) in [6.45, 7) is 8.50. The third-order valence-corrected chi connectivity index (χ3v) is 6.22. The molecule has 4 rings (SSSR count). The van der Waals surface area contributed by atoms with E-state index >= 15 is 0 Å². The van der Waals surface area contributed by atoms with Gasteiger partial charge in [-0.3, -0.25) is 0 Å². The lowest BCUT2D eigenvalue weighted by Gasteiger charge is -2.32. The van der Waals surface area contributed by atoms with Crippen LogP contribution in [0.25, 0.3) is 0 Å². The molecule has 1 N–H and O–H groups in total. The van der Waals surface area contributed by atoms with Crippen LogP contribution in [0.4, 0.5) is 4.79 Å². The highest BCUT2D eigenvalue weighted by Gasteiger charge is 2.51. The first-order chi connectivity index (χ1) is 13.7. The molecule has 1 aliphatic carbocycles. The van der Waals surface area contributed by atoms with Gasteiger partial charge in [0.2, 0.25) is 0 Å². The van der Waals surface area contributed by atoms with E-state index in [1.165, 1.54) is 11.1 Å². The zero-order valence-electron chi connectivity index (χ0n) is 17.5. The topological polar surface area (TPSA) is 56.8 Å². The van der Waals surface area contributed by atoms with Crippen molar-refractivity contribution in [2.24, 2.45) is 0 Å². The number of nitrogens with one attached hydrogen (secondary N) is 1. The van der Waals surface area contributed by atoms with Crippen molar-refractivity contribution < 1.29 is 18.8 Å². The van der Waals surface area contributed by atoms with E-state index in [1.54, 1.807) is 0 Å². The average Bonchev–Trinajstić information content (AvgIpc) is 3.16. The number of alkyl carbamates (subject to hydrolysis) is 1. The van der Waals surface area contributed by atoms with Crippen LogP contribution in [-0.4, -0.2) is 30.5 Å². The first-order valence-electron chi connectivity index (χ1n) is 10.2. The van der Waals surface area contributed by atoms with E-state index in [0.717, 1.165) is 23.9 Å². The number of amides is 1. The average molecular weight is 393 g/mol. The Balaban J connectivity index is 1.35. The largest absolute Gasteiger partial charge is 0.494 e. The highest BCUT2D eigenvalue weighted by atomic mass is 16.7. The van der Waals surface area contributed by atoms with Gasteiger partial charge in [-0.05, 0) is 62.7 Å². The minimum atomic E-state index is -0.377. The normalized spacial score (nSPS) is 21.7. The van der Waals surface area contributed by atoms with E-state index in [2.05, 4.69) is 51.2 Å². The van der Waals surface area contributed by atoms with Crippen molar-refractivity contribution >= 4 is 18.7 Å². The molecule has 0 aromatic heterocycles. The molecule has 2 aromatic carbocycles. The summed E-state index contributed by atoms with van der Waals surface area (Å²) in [6, 6.07) is 16.1. The van der Waals surface area contributed by atoms with Crippen LogP contribution < -0.4 is 10.8 Å². The van der Waals surface area contributed by atoms with Gasteiger partial charge in [-0.15, -0.1) is 0 Å². The lowest BCUT2D eigenvalue weighted by Crippen LogP contribution is -2.41. The lowest BCUT2D eigenvalue weighted by atomic mass is 9.78. The van der Waals surface area contributed by atoms with Crippen LogP contribution in [0, 0.1) is 0 Å². The Morgan fingerprint density at radius 2 is 1.69 bits per heavy atom. The Labute approximate surface area is 172 Å². The highest BCUT2D eigenvalue weighted by Crippen LogP contribution is 2.36. The summed E-state index contributed by atoms with van der Waals surface area (Å²) in [5.41, 5.74) is 3.76. The van der Waals surface area contributed by atoms with E-state index in [1.807, 2.05) is 30.3 Å². The fourth-order valence-corrected chi connectivity index (χ4v) is 3.80. The summed E-state index contributed by atoms with van der Waals surface area (Å²) in [6.07, 6.45) is 1.21. The quantitative estimate of drug-likeness (QED) is 0.810. The maximum Gasteiger partial charge on any atom is 0.494 e. The maximum absolute atomic E-state index is 12.2. The van der Waals surface area contributed by atoms with Gasteiger partial charge in [0.05, 0.1) is 11.2 Å². The van der Waals surface area contributed by atoms with Crippen molar-refractivity contribution in [3.05, 3.63) is 65.2 Å². The molecule has 1 unspecified atom stereocenters. The number of fused-ring (bicyclic) bond motifs is 1. The number of carbonyl (C=O) groups excluding carboxylic acids is 1. The molecular formula is C23H28BNO4. The zero-order chi connectivity index (χ0) is 20.6. The molecule has 1 aliphatic heterocycles. The molecule has 152 valence electrons. The Kier molecular flexibility index (Phi) is 5.17. The first-order valence-corrected chi connectivity index (χ1v) is 10.2. The molecule has 1 atom stereocenters. The van der Waals surface area contributed by atoms with Gasteiger partial charge in [0.15, 0.2) is 0 Å². The molecule has 1 amide bonds. The van der Waals surface area contributed by atoms with Crippen LogP contribution in [-0.2, 0) is 33.5 Å². The predicted octanol–water partition coefficient (Wildman–Crippen LogP) is 3.38. The second-order valence-corrected chi connectivity index (χ2v) is 8.93. The molecule has 0 bridgehead atoms. The Morgan fingerprint density at radius 1 is 1.03 bits per heavy atom. The van der Waals surface area contributed by atoms with E-state index in [4.69, 9.17) is 14.0 Å². The fraction of sp³-hybridized carbons (Fsp3) is 0.435. The van der Waals surface area contributed by atoms with Gasteiger partial charge in [-0.1, -0.05) is 48.5 Å². The highest BCUT2D eigenvalue weighted by molar-refractivity contribution is 6.62. The molecular weight excluding hydrogens is 365 g/mol. The van der Waals surface area contributed by atoms with Gasteiger partial charge in [-0.25, -0.2) is 4.79 Å². The number of benzene rings is 2. The predicted molar refractivity (Wildman–Crippen MR) is 113 cm³/mol. The van der Waals surface area contributed by atoms with Crippen LogP contribution in [0.5, 0.6) is 0 Å². The van der Waals surface area contributed by atoms with Gasteiger partial charge >= 0.3 is 13.2 Å². The summed E-state index contributed by atoms with van der Waals surface area (Å²) in [5.74, 6) is 0. The minimum Gasteiger partial charge on any atom is -0.445 e. The zero-order valence-corrected chi connectivity index (χ0v) is 17.5. The van der Waals surface area contributed by atoms with Gasteiger partial charge in [0.1, 0.15) is 6.61 Å². The lowest BCUT2D eigenvalue weighted by molar-refractivity contribution is 0.00578. The molecule has 1 saturated heterocycles. The molecule has 1 heterocycles. The van der Waals surface area contributed by atoms with Crippen LogP contribution in [0.1, 0.15) is 44.4 Å². The third-order valence-electron chi connectivity index (χ3n) is 6.22. The summed E-state index contributed by atoms with van der Waals surface area (Å²) >= 11 is 0. The minimum absolute atomic E-state index is 0.0434. The monoisotopic (exact) mass is 393 g/mol. The van der Waals surface area contributed by atoms with E-state index in [-0.39, 0.29) is 37.1 Å². The van der Waals surface area contributed by atoms with E-state index in [9.17, 15) is 4.79 Å². The molecule has 5 nitrogen and oxygen atoms in total.